The van der Waals surface area contributed by atoms with E-state index in [1.807, 2.05) is 11.8 Å². The molecular formula is C16H27NOS. The van der Waals surface area contributed by atoms with Crippen LogP contribution in [-0.2, 0) is 11.3 Å². The third kappa shape index (κ3) is 8.30. The van der Waals surface area contributed by atoms with Crippen molar-refractivity contribution in [1.29, 1.82) is 0 Å². The molecule has 0 fully saturated rings. The lowest BCUT2D eigenvalue weighted by atomic mass is 10.2. The van der Waals surface area contributed by atoms with Gasteiger partial charge in [0.1, 0.15) is 0 Å². The number of ether oxygens (including phenoxy) is 1. The fourth-order valence-electron chi connectivity index (χ4n) is 1.69. The molecule has 108 valence electrons. The van der Waals surface area contributed by atoms with Crippen LogP contribution >= 0.6 is 11.8 Å². The summed E-state index contributed by atoms with van der Waals surface area (Å²) in [5, 5.41) is 3.43. The van der Waals surface area contributed by atoms with Gasteiger partial charge in [-0.2, -0.15) is 0 Å². The van der Waals surface area contributed by atoms with Crippen molar-refractivity contribution >= 4 is 11.8 Å². The summed E-state index contributed by atoms with van der Waals surface area (Å²) in [4.78, 5) is 1.34. The highest BCUT2D eigenvalue weighted by atomic mass is 32.2. The predicted molar refractivity (Wildman–Crippen MR) is 84.8 cm³/mol. The van der Waals surface area contributed by atoms with Crippen LogP contribution in [0.2, 0.25) is 0 Å². The van der Waals surface area contributed by atoms with Crippen molar-refractivity contribution in [2.75, 3.05) is 25.5 Å². The Hall–Kier alpha value is -0.510. The summed E-state index contributed by atoms with van der Waals surface area (Å²) in [7, 11) is 0. The quantitative estimate of drug-likeness (QED) is 0.518. The molecule has 1 aromatic carbocycles. The van der Waals surface area contributed by atoms with E-state index in [-0.39, 0.29) is 0 Å². The van der Waals surface area contributed by atoms with Crippen molar-refractivity contribution in [3.05, 3.63) is 29.8 Å². The molecule has 0 bridgehead atoms. The van der Waals surface area contributed by atoms with Crippen molar-refractivity contribution in [2.24, 2.45) is 5.92 Å². The Kier molecular flexibility index (Phi) is 8.97. The normalized spacial score (nSPS) is 11.2. The minimum atomic E-state index is 0.623. The SMILES string of the molecule is CCCNCc1cccc(SCCOCC(C)C)c1. The third-order valence-corrected chi connectivity index (χ3v) is 3.56. The van der Waals surface area contributed by atoms with Crippen LogP contribution in [0.4, 0.5) is 0 Å². The van der Waals surface area contributed by atoms with Crippen molar-refractivity contribution in [3.8, 4) is 0 Å². The highest BCUT2D eigenvalue weighted by Gasteiger charge is 1.98. The zero-order valence-electron chi connectivity index (χ0n) is 12.4. The maximum Gasteiger partial charge on any atom is 0.0560 e. The summed E-state index contributed by atoms with van der Waals surface area (Å²) >= 11 is 1.87. The minimum Gasteiger partial charge on any atom is -0.380 e. The van der Waals surface area contributed by atoms with Crippen LogP contribution in [0.5, 0.6) is 0 Å². The van der Waals surface area contributed by atoms with Crippen LogP contribution in [0.3, 0.4) is 0 Å². The molecule has 19 heavy (non-hydrogen) atoms. The van der Waals surface area contributed by atoms with Gasteiger partial charge < -0.3 is 10.1 Å². The molecule has 0 saturated heterocycles. The van der Waals surface area contributed by atoms with Gasteiger partial charge in [0, 0.05) is 23.8 Å². The molecule has 1 aromatic rings. The molecule has 0 unspecified atom stereocenters. The van der Waals surface area contributed by atoms with Crippen molar-refractivity contribution in [2.45, 2.75) is 38.6 Å². The van der Waals surface area contributed by atoms with E-state index in [4.69, 9.17) is 4.74 Å². The maximum absolute atomic E-state index is 5.59. The zero-order chi connectivity index (χ0) is 13.9. The lowest BCUT2D eigenvalue weighted by molar-refractivity contribution is 0.124. The smallest absolute Gasteiger partial charge is 0.0560 e. The highest BCUT2D eigenvalue weighted by molar-refractivity contribution is 7.99. The number of nitrogens with one attached hydrogen (secondary N) is 1. The zero-order valence-corrected chi connectivity index (χ0v) is 13.3. The van der Waals surface area contributed by atoms with Crippen LogP contribution in [0.25, 0.3) is 0 Å². The minimum absolute atomic E-state index is 0.623. The van der Waals surface area contributed by atoms with Gasteiger partial charge in [-0.25, -0.2) is 0 Å². The van der Waals surface area contributed by atoms with Gasteiger partial charge in [-0.05, 0) is 36.6 Å². The van der Waals surface area contributed by atoms with Crippen LogP contribution in [-0.4, -0.2) is 25.5 Å². The van der Waals surface area contributed by atoms with E-state index >= 15 is 0 Å². The molecule has 0 aromatic heterocycles. The molecule has 0 amide bonds. The first kappa shape index (κ1) is 16.5. The molecule has 0 spiro atoms. The lowest BCUT2D eigenvalue weighted by Gasteiger charge is -2.08. The van der Waals surface area contributed by atoms with E-state index in [9.17, 15) is 0 Å². The number of hydrogen-bond acceptors (Lipinski definition) is 3. The van der Waals surface area contributed by atoms with Crippen molar-refractivity contribution in [3.63, 3.8) is 0 Å². The number of rotatable bonds is 10. The molecule has 0 atom stereocenters. The van der Waals surface area contributed by atoms with E-state index < -0.39 is 0 Å². The molecule has 0 aliphatic heterocycles. The van der Waals surface area contributed by atoms with Gasteiger partial charge in [0.2, 0.25) is 0 Å². The molecule has 0 saturated carbocycles. The Morgan fingerprint density at radius 1 is 1.32 bits per heavy atom. The first-order valence-corrected chi connectivity index (χ1v) is 8.21. The molecule has 1 rings (SSSR count). The van der Waals surface area contributed by atoms with E-state index in [1.54, 1.807) is 0 Å². The molecule has 0 aliphatic carbocycles. The van der Waals surface area contributed by atoms with Crippen molar-refractivity contribution < 1.29 is 4.74 Å². The van der Waals surface area contributed by atoms with Gasteiger partial charge in [-0.3, -0.25) is 0 Å². The van der Waals surface area contributed by atoms with Crippen LogP contribution in [0.1, 0.15) is 32.8 Å². The summed E-state index contributed by atoms with van der Waals surface area (Å²) in [6.07, 6.45) is 1.18. The number of thioether (sulfide) groups is 1. The van der Waals surface area contributed by atoms with Gasteiger partial charge in [-0.1, -0.05) is 32.9 Å². The van der Waals surface area contributed by atoms with Gasteiger partial charge in [0.15, 0.2) is 0 Å². The Balaban J connectivity index is 2.23. The van der Waals surface area contributed by atoms with Gasteiger partial charge >= 0.3 is 0 Å². The van der Waals surface area contributed by atoms with Crippen molar-refractivity contribution in [1.82, 2.24) is 5.32 Å². The van der Waals surface area contributed by atoms with E-state index in [0.29, 0.717) is 5.92 Å². The molecule has 1 N–H and O–H groups in total. The molecule has 3 heteroatoms. The number of hydrogen-bond donors (Lipinski definition) is 1. The lowest BCUT2D eigenvalue weighted by Crippen LogP contribution is -2.13. The molecule has 0 aliphatic rings. The Morgan fingerprint density at radius 2 is 2.16 bits per heavy atom. The van der Waals surface area contributed by atoms with E-state index in [0.717, 1.165) is 32.1 Å². The standard InChI is InChI=1S/C16H27NOS/c1-4-8-17-12-15-6-5-7-16(11-15)19-10-9-18-13-14(2)3/h5-7,11,14,17H,4,8-10,12-13H2,1-3H3. The fraction of sp³-hybridized carbons (Fsp3) is 0.625. The monoisotopic (exact) mass is 281 g/mol. The average Bonchev–Trinajstić information content (AvgIpc) is 2.39. The molecular weight excluding hydrogens is 254 g/mol. The Morgan fingerprint density at radius 3 is 2.89 bits per heavy atom. The Labute approximate surface area is 122 Å². The fourth-order valence-corrected chi connectivity index (χ4v) is 2.54. The summed E-state index contributed by atoms with van der Waals surface area (Å²) in [5.74, 6) is 1.65. The van der Waals surface area contributed by atoms with Crippen LogP contribution in [0, 0.1) is 5.92 Å². The average molecular weight is 281 g/mol. The van der Waals surface area contributed by atoms with E-state index in [1.165, 1.54) is 16.9 Å². The largest absolute Gasteiger partial charge is 0.380 e. The van der Waals surface area contributed by atoms with E-state index in [2.05, 4.69) is 50.4 Å². The Bertz CT molecular complexity index is 341. The van der Waals surface area contributed by atoms with Crippen LogP contribution in [0.15, 0.2) is 29.2 Å². The molecule has 0 radical (unpaired) electrons. The summed E-state index contributed by atoms with van der Waals surface area (Å²) in [5.41, 5.74) is 1.36. The summed E-state index contributed by atoms with van der Waals surface area (Å²) in [6, 6.07) is 8.77. The maximum atomic E-state index is 5.59. The first-order valence-electron chi connectivity index (χ1n) is 7.22. The highest BCUT2D eigenvalue weighted by Crippen LogP contribution is 2.19. The van der Waals surface area contributed by atoms with Gasteiger partial charge in [-0.15, -0.1) is 11.8 Å². The number of benzene rings is 1. The molecule has 2 nitrogen and oxygen atoms in total. The van der Waals surface area contributed by atoms with Gasteiger partial charge in [0.05, 0.1) is 6.61 Å². The second-order valence-corrected chi connectivity index (χ2v) is 6.31. The van der Waals surface area contributed by atoms with Gasteiger partial charge in [0.25, 0.3) is 0 Å². The predicted octanol–water partition coefficient (Wildman–Crippen LogP) is 3.95. The third-order valence-electron chi connectivity index (χ3n) is 2.60. The molecule has 0 heterocycles. The van der Waals surface area contributed by atoms with Crippen LogP contribution < -0.4 is 5.32 Å². The first-order chi connectivity index (χ1) is 9.22. The second kappa shape index (κ2) is 10.3. The topological polar surface area (TPSA) is 21.3 Å². The summed E-state index contributed by atoms with van der Waals surface area (Å²) < 4.78 is 5.59. The second-order valence-electron chi connectivity index (χ2n) is 5.14. The summed E-state index contributed by atoms with van der Waals surface area (Å²) in [6.45, 7) is 10.3.